The minimum atomic E-state index is 0.972. The second kappa shape index (κ2) is 5.03. The number of hydrogen-bond donors (Lipinski definition) is 1. The molecule has 0 saturated carbocycles. The summed E-state index contributed by atoms with van der Waals surface area (Å²) in [6, 6.07) is 0. The van der Waals surface area contributed by atoms with Gasteiger partial charge in [0.1, 0.15) is 0 Å². The smallest absolute Gasteiger partial charge is 0.0330 e. The Morgan fingerprint density at radius 2 is 2.10 bits per heavy atom. The number of nitrogens with zero attached hydrogens (tertiary/aromatic N) is 1. The molecule has 0 fully saturated rings. The first-order chi connectivity index (χ1) is 4.70. The normalized spacial score (nSPS) is 13.6. The summed E-state index contributed by atoms with van der Waals surface area (Å²) in [5.74, 6) is 0. The lowest BCUT2D eigenvalue weighted by Gasteiger charge is -2.00. The third-order valence-corrected chi connectivity index (χ3v) is 1.23. The maximum atomic E-state index is 4.01. The number of rotatable bonds is 3. The van der Waals surface area contributed by atoms with Crippen LogP contribution in [-0.2, 0) is 0 Å². The molecule has 2 heteroatoms. The molecule has 1 N–H and O–H groups in total. The molecule has 0 aliphatic carbocycles. The summed E-state index contributed by atoms with van der Waals surface area (Å²) in [6.45, 7) is 7.08. The first-order valence-electron chi connectivity index (χ1n) is 3.56. The van der Waals surface area contributed by atoms with Crippen LogP contribution in [0.1, 0.15) is 20.8 Å². The zero-order chi connectivity index (χ0) is 7.98. The zero-order valence-corrected chi connectivity index (χ0v) is 7.23. The predicted molar refractivity (Wildman–Crippen MR) is 46.5 cm³/mol. The van der Waals surface area contributed by atoms with Crippen LogP contribution in [0.25, 0.3) is 0 Å². The van der Waals surface area contributed by atoms with Crippen LogP contribution in [-0.4, -0.2) is 19.3 Å². The first kappa shape index (κ1) is 9.21. The molecular weight excluding hydrogens is 124 g/mol. The molecule has 0 aliphatic rings. The van der Waals surface area contributed by atoms with Gasteiger partial charge in [0.15, 0.2) is 0 Å². The zero-order valence-electron chi connectivity index (χ0n) is 7.23. The van der Waals surface area contributed by atoms with E-state index < -0.39 is 0 Å². The summed E-state index contributed by atoms with van der Waals surface area (Å²) in [7, 11) is 1.80. The molecular formula is C8H16N2. The van der Waals surface area contributed by atoms with Crippen molar-refractivity contribution in [2.75, 3.05) is 13.6 Å². The maximum absolute atomic E-state index is 4.01. The van der Waals surface area contributed by atoms with Gasteiger partial charge in [0.2, 0.25) is 0 Å². The Hall–Kier alpha value is -0.790. The molecule has 0 aliphatic heterocycles. The molecule has 0 unspecified atom stereocenters. The first-order valence-corrected chi connectivity index (χ1v) is 3.56. The van der Waals surface area contributed by atoms with Crippen molar-refractivity contribution >= 4 is 5.71 Å². The minimum Gasteiger partial charge on any atom is -0.389 e. The van der Waals surface area contributed by atoms with Gasteiger partial charge < -0.3 is 5.32 Å². The summed E-state index contributed by atoms with van der Waals surface area (Å²) in [5.41, 5.74) is 2.23. The van der Waals surface area contributed by atoms with Crippen molar-refractivity contribution in [2.24, 2.45) is 4.99 Å². The fourth-order valence-corrected chi connectivity index (χ4v) is 0.708. The Bertz CT molecular complexity index is 145. The van der Waals surface area contributed by atoms with E-state index in [1.54, 1.807) is 7.05 Å². The highest BCUT2D eigenvalue weighted by molar-refractivity contribution is 5.93. The van der Waals surface area contributed by atoms with E-state index in [1.807, 2.05) is 19.9 Å². The highest BCUT2D eigenvalue weighted by Crippen LogP contribution is 1.87. The molecule has 0 atom stereocenters. The molecule has 0 aromatic heterocycles. The van der Waals surface area contributed by atoms with E-state index in [0.717, 1.165) is 12.3 Å². The van der Waals surface area contributed by atoms with Gasteiger partial charge in [-0.3, -0.25) is 4.99 Å². The average molecular weight is 140 g/mol. The van der Waals surface area contributed by atoms with Gasteiger partial charge >= 0.3 is 0 Å². The van der Waals surface area contributed by atoms with E-state index in [-0.39, 0.29) is 0 Å². The quantitative estimate of drug-likeness (QED) is 0.591. The number of hydrogen-bond acceptors (Lipinski definition) is 2. The van der Waals surface area contributed by atoms with Crippen molar-refractivity contribution in [3.8, 4) is 0 Å². The Balaban J connectivity index is 3.90. The fraction of sp³-hybridized carbons (Fsp3) is 0.625. The van der Waals surface area contributed by atoms with Gasteiger partial charge in [-0.05, 0) is 26.8 Å². The van der Waals surface area contributed by atoms with Gasteiger partial charge in [-0.25, -0.2) is 0 Å². The maximum Gasteiger partial charge on any atom is 0.0330 e. The SMILES string of the molecule is CCN/C(C)=C/C(C)=NC. The van der Waals surface area contributed by atoms with Gasteiger partial charge in [-0.2, -0.15) is 0 Å². The number of allylic oxidation sites excluding steroid dienone is 2. The lowest BCUT2D eigenvalue weighted by atomic mass is 10.3. The minimum absolute atomic E-state index is 0.972. The van der Waals surface area contributed by atoms with E-state index in [9.17, 15) is 0 Å². The van der Waals surface area contributed by atoms with Crippen molar-refractivity contribution in [2.45, 2.75) is 20.8 Å². The van der Waals surface area contributed by atoms with Crippen molar-refractivity contribution in [3.05, 3.63) is 11.8 Å². The van der Waals surface area contributed by atoms with Gasteiger partial charge in [0, 0.05) is 25.0 Å². The number of nitrogens with one attached hydrogen (secondary N) is 1. The molecule has 0 saturated heterocycles. The molecule has 58 valence electrons. The van der Waals surface area contributed by atoms with Crippen LogP contribution < -0.4 is 5.32 Å². The fourth-order valence-electron chi connectivity index (χ4n) is 0.708. The second-order valence-corrected chi connectivity index (χ2v) is 2.22. The molecule has 0 rings (SSSR count). The van der Waals surface area contributed by atoms with Gasteiger partial charge in [0.25, 0.3) is 0 Å². The van der Waals surface area contributed by atoms with Crippen LogP contribution >= 0.6 is 0 Å². The molecule has 0 spiro atoms. The van der Waals surface area contributed by atoms with Gasteiger partial charge in [0.05, 0.1) is 0 Å². The number of aliphatic imine (C=N–C) groups is 1. The average Bonchev–Trinajstić information content (AvgIpc) is 1.88. The molecule has 0 heterocycles. The Kier molecular flexibility index (Phi) is 4.63. The lowest BCUT2D eigenvalue weighted by molar-refractivity contribution is 0.856. The molecule has 0 aromatic rings. The van der Waals surface area contributed by atoms with Crippen molar-refractivity contribution < 1.29 is 0 Å². The van der Waals surface area contributed by atoms with E-state index in [1.165, 1.54) is 5.70 Å². The molecule has 10 heavy (non-hydrogen) atoms. The Morgan fingerprint density at radius 3 is 2.50 bits per heavy atom. The summed E-state index contributed by atoms with van der Waals surface area (Å²) >= 11 is 0. The van der Waals surface area contributed by atoms with E-state index in [2.05, 4.69) is 17.2 Å². The van der Waals surface area contributed by atoms with Crippen molar-refractivity contribution in [1.29, 1.82) is 0 Å². The van der Waals surface area contributed by atoms with E-state index in [0.29, 0.717) is 0 Å². The monoisotopic (exact) mass is 140 g/mol. The topological polar surface area (TPSA) is 24.4 Å². The summed E-state index contributed by atoms with van der Waals surface area (Å²) < 4.78 is 0. The summed E-state index contributed by atoms with van der Waals surface area (Å²) in [6.07, 6.45) is 2.03. The third kappa shape index (κ3) is 4.13. The largest absolute Gasteiger partial charge is 0.389 e. The highest BCUT2D eigenvalue weighted by Gasteiger charge is 1.85. The summed E-state index contributed by atoms with van der Waals surface area (Å²) in [5, 5.41) is 3.19. The van der Waals surface area contributed by atoms with Crippen LogP contribution in [0.2, 0.25) is 0 Å². The predicted octanol–water partition coefficient (Wildman–Crippen LogP) is 1.59. The Morgan fingerprint density at radius 1 is 1.50 bits per heavy atom. The molecule has 0 amide bonds. The molecule has 2 nitrogen and oxygen atoms in total. The highest BCUT2D eigenvalue weighted by atomic mass is 14.9. The molecule has 0 radical (unpaired) electrons. The van der Waals surface area contributed by atoms with Crippen molar-refractivity contribution in [3.63, 3.8) is 0 Å². The van der Waals surface area contributed by atoms with Gasteiger partial charge in [-0.1, -0.05) is 0 Å². The van der Waals surface area contributed by atoms with Crippen molar-refractivity contribution in [1.82, 2.24) is 5.32 Å². The van der Waals surface area contributed by atoms with E-state index in [4.69, 9.17) is 0 Å². The van der Waals surface area contributed by atoms with Crippen LogP contribution in [0.3, 0.4) is 0 Å². The lowest BCUT2D eigenvalue weighted by Crippen LogP contribution is -2.10. The molecule has 0 aromatic carbocycles. The summed E-state index contributed by atoms with van der Waals surface area (Å²) in [4.78, 5) is 4.01. The molecule has 0 bridgehead atoms. The standard InChI is InChI=1S/C8H16N2/c1-5-10-8(3)6-7(2)9-4/h6,10H,5H2,1-4H3/b8-6+,9-7?. The van der Waals surface area contributed by atoms with Crippen LogP contribution in [0, 0.1) is 0 Å². The second-order valence-electron chi connectivity index (χ2n) is 2.22. The Labute approximate surface area is 63.0 Å². The van der Waals surface area contributed by atoms with Crippen LogP contribution in [0.5, 0.6) is 0 Å². The van der Waals surface area contributed by atoms with E-state index >= 15 is 0 Å². The van der Waals surface area contributed by atoms with Crippen LogP contribution in [0.15, 0.2) is 16.8 Å². The third-order valence-electron chi connectivity index (χ3n) is 1.23. The van der Waals surface area contributed by atoms with Crippen LogP contribution in [0.4, 0.5) is 0 Å². The van der Waals surface area contributed by atoms with Gasteiger partial charge in [-0.15, -0.1) is 0 Å².